The summed E-state index contributed by atoms with van der Waals surface area (Å²) in [5, 5.41) is 4.23. The van der Waals surface area contributed by atoms with Gasteiger partial charge in [-0.1, -0.05) is 22.0 Å². The predicted octanol–water partition coefficient (Wildman–Crippen LogP) is 4.52. The minimum atomic E-state index is 0.0822. The van der Waals surface area contributed by atoms with Gasteiger partial charge in [-0.05, 0) is 43.7 Å². The summed E-state index contributed by atoms with van der Waals surface area (Å²) in [5.41, 5.74) is 1.14. The van der Waals surface area contributed by atoms with E-state index in [0.717, 1.165) is 28.6 Å². The molecule has 2 heterocycles. The number of fused-ring (bicyclic) bond motifs is 1. The molecule has 0 saturated heterocycles. The van der Waals surface area contributed by atoms with Gasteiger partial charge in [-0.3, -0.25) is 4.79 Å². The Balaban J connectivity index is 1.48. The lowest BCUT2D eigenvalue weighted by molar-refractivity contribution is -0.121. The first-order valence-corrected chi connectivity index (χ1v) is 8.98. The Hall–Kier alpha value is -2.01. The van der Waals surface area contributed by atoms with Gasteiger partial charge in [0.25, 0.3) is 0 Å². The van der Waals surface area contributed by atoms with Gasteiger partial charge in [0.1, 0.15) is 5.76 Å². The Kier molecular flexibility index (Phi) is 5.41. The molecule has 0 spiro atoms. The Morgan fingerprint density at radius 3 is 2.96 bits per heavy atom. The molecule has 0 bridgehead atoms. The summed E-state index contributed by atoms with van der Waals surface area (Å²) in [4.78, 5) is 12.2. The molecule has 0 unspecified atom stereocenters. The van der Waals surface area contributed by atoms with Crippen LogP contribution in [-0.2, 0) is 17.8 Å². The summed E-state index contributed by atoms with van der Waals surface area (Å²) in [6, 6.07) is 12.2. The van der Waals surface area contributed by atoms with Gasteiger partial charge in [-0.25, -0.2) is 0 Å². The summed E-state index contributed by atoms with van der Waals surface area (Å²) >= 11 is 3.56. The lowest BCUT2D eigenvalue weighted by Gasteiger charge is -2.13. The van der Waals surface area contributed by atoms with Crippen molar-refractivity contribution in [2.45, 2.75) is 38.8 Å². The number of hydrogen-bond acceptors (Lipinski definition) is 2. The summed E-state index contributed by atoms with van der Waals surface area (Å²) in [6.07, 6.45) is 5.89. The van der Waals surface area contributed by atoms with Crippen LogP contribution in [0.4, 0.5) is 0 Å². The van der Waals surface area contributed by atoms with Crippen molar-refractivity contribution in [2.24, 2.45) is 0 Å². The Labute approximate surface area is 150 Å². The molecule has 1 atom stereocenters. The number of amides is 1. The smallest absolute Gasteiger partial charge is 0.221 e. The molecule has 2 aromatic heterocycles. The van der Waals surface area contributed by atoms with Crippen LogP contribution in [0.3, 0.4) is 0 Å². The predicted molar refractivity (Wildman–Crippen MR) is 98.9 cm³/mol. The van der Waals surface area contributed by atoms with Gasteiger partial charge < -0.3 is 14.3 Å². The van der Waals surface area contributed by atoms with Crippen LogP contribution in [0.15, 0.2) is 57.7 Å². The molecule has 0 aliphatic carbocycles. The fraction of sp³-hybridized carbons (Fsp3) is 0.316. The number of carbonyl (C=O) groups is 1. The van der Waals surface area contributed by atoms with E-state index in [1.165, 1.54) is 5.39 Å². The number of halogens is 1. The Morgan fingerprint density at radius 2 is 2.17 bits per heavy atom. The van der Waals surface area contributed by atoms with Crippen molar-refractivity contribution < 1.29 is 9.21 Å². The van der Waals surface area contributed by atoms with Gasteiger partial charge in [-0.2, -0.15) is 0 Å². The van der Waals surface area contributed by atoms with Crippen LogP contribution >= 0.6 is 15.9 Å². The van der Waals surface area contributed by atoms with E-state index in [1.807, 2.05) is 37.4 Å². The van der Waals surface area contributed by atoms with Crippen molar-refractivity contribution in [3.05, 3.63) is 59.1 Å². The van der Waals surface area contributed by atoms with E-state index < -0.39 is 0 Å². The minimum absolute atomic E-state index is 0.0822. The second-order valence-corrected chi connectivity index (χ2v) is 6.87. The van der Waals surface area contributed by atoms with E-state index in [2.05, 4.69) is 37.9 Å². The van der Waals surface area contributed by atoms with Crippen molar-refractivity contribution in [1.29, 1.82) is 0 Å². The van der Waals surface area contributed by atoms with Gasteiger partial charge in [0.2, 0.25) is 5.91 Å². The van der Waals surface area contributed by atoms with Crippen molar-refractivity contribution in [3.8, 4) is 0 Å². The first kappa shape index (κ1) is 16.8. The number of aromatic nitrogens is 1. The maximum atomic E-state index is 12.2. The molecule has 3 rings (SSSR count). The number of furan rings is 1. The molecule has 126 valence electrons. The monoisotopic (exact) mass is 388 g/mol. The highest BCUT2D eigenvalue weighted by molar-refractivity contribution is 9.10. The van der Waals surface area contributed by atoms with E-state index in [-0.39, 0.29) is 11.9 Å². The third kappa shape index (κ3) is 4.09. The molecule has 1 aromatic carbocycles. The highest BCUT2D eigenvalue weighted by Crippen LogP contribution is 2.24. The van der Waals surface area contributed by atoms with Crippen LogP contribution in [-0.4, -0.2) is 16.5 Å². The van der Waals surface area contributed by atoms with Crippen LogP contribution in [0.1, 0.15) is 25.5 Å². The fourth-order valence-corrected chi connectivity index (χ4v) is 3.32. The fourth-order valence-electron chi connectivity index (χ4n) is 2.84. The van der Waals surface area contributed by atoms with Crippen LogP contribution in [0.25, 0.3) is 10.9 Å². The average molecular weight is 389 g/mol. The number of carbonyl (C=O) groups excluding carboxylic acids is 1. The van der Waals surface area contributed by atoms with E-state index in [0.29, 0.717) is 13.0 Å². The maximum Gasteiger partial charge on any atom is 0.221 e. The standard InChI is InChI=1S/C19H21BrN2O2/c1-14(7-8-15-4-3-13-24-15)21-19(23)10-12-22-11-9-16-17(20)5-2-6-18(16)22/h2-6,9,11,13-14H,7-8,10,12H2,1H3,(H,21,23)/t14-/m1/s1. The summed E-state index contributed by atoms with van der Waals surface area (Å²) < 4.78 is 8.51. The minimum Gasteiger partial charge on any atom is -0.469 e. The topological polar surface area (TPSA) is 47.2 Å². The first-order chi connectivity index (χ1) is 11.6. The lowest BCUT2D eigenvalue weighted by Crippen LogP contribution is -2.33. The summed E-state index contributed by atoms with van der Waals surface area (Å²) in [7, 11) is 0. The third-order valence-corrected chi connectivity index (χ3v) is 4.84. The normalized spacial score (nSPS) is 12.4. The molecule has 24 heavy (non-hydrogen) atoms. The molecule has 0 radical (unpaired) electrons. The molecular weight excluding hydrogens is 368 g/mol. The van der Waals surface area contributed by atoms with E-state index in [9.17, 15) is 4.79 Å². The van der Waals surface area contributed by atoms with Crippen LogP contribution in [0.5, 0.6) is 0 Å². The summed E-state index contributed by atoms with van der Waals surface area (Å²) in [5.74, 6) is 1.04. The van der Waals surface area contributed by atoms with Gasteiger partial charge in [0.15, 0.2) is 0 Å². The van der Waals surface area contributed by atoms with E-state index in [4.69, 9.17) is 4.42 Å². The molecule has 1 amide bonds. The zero-order valence-corrected chi connectivity index (χ0v) is 15.3. The quantitative estimate of drug-likeness (QED) is 0.646. The third-order valence-electron chi connectivity index (χ3n) is 4.15. The van der Waals surface area contributed by atoms with Crippen molar-refractivity contribution in [2.75, 3.05) is 0 Å². The molecular formula is C19H21BrN2O2. The number of nitrogens with one attached hydrogen (secondary N) is 1. The summed E-state index contributed by atoms with van der Waals surface area (Å²) in [6.45, 7) is 2.71. The van der Waals surface area contributed by atoms with E-state index in [1.54, 1.807) is 6.26 Å². The molecule has 1 N–H and O–H groups in total. The van der Waals surface area contributed by atoms with Gasteiger partial charge in [-0.15, -0.1) is 0 Å². The van der Waals surface area contributed by atoms with Crippen LogP contribution < -0.4 is 5.32 Å². The zero-order valence-electron chi connectivity index (χ0n) is 13.7. The first-order valence-electron chi connectivity index (χ1n) is 8.18. The largest absolute Gasteiger partial charge is 0.469 e. The number of aryl methyl sites for hydroxylation is 2. The Bertz CT molecular complexity index is 808. The SMILES string of the molecule is C[C@H](CCc1ccco1)NC(=O)CCn1ccc2c(Br)cccc21. The highest BCUT2D eigenvalue weighted by Gasteiger charge is 2.10. The lowest BCUT2D eigenvalue weighted by atomic mass is 10.1. The number of hydrogen-bond donors (Lipinski definition) is 1. The molecule has 5 heteroatoms. The second-order valence-electron chi connectivity index (χ2n) is 6.02. The van der Waals surface area contributed by atoms with Crippen LogP contribution in [0.2, 0.25) is 0 Å². The van der Waals surface area contributed by atoms with Gasteiger partial charge in [0.05, 0.1) is 6.26 Å². The molecule has 4 nitrogen and oxygen atoms in total. The highest BCUT2D eigenvalue weighted by atomic mass is 79.9. The molecule has 0 aliphatic rings. The molecule has 0 saturated carbocycles. The van der Waals surface area contributed by atoms with Gasteiger partial charge in [0, 0.05) is 47.0 Å². The molecule has 0 fully saturated rings. The molecule has 3 aromatic rings. The van der Waals surface area contributed by atoms with E-state index >= 15 is 0 Å². The van der Waals surface area contributed by atoms with Crippen molar-refractivity contribution in [1.82, 2.24) is 9.88 Å². The van der Waals surface area contributed by atoms with Crippen molar-refractivity contribution in [3.63, 3.8) is 0 Å². The van der Waals surface area contributed by atoms with Gasteiger partial charge >= 0.3 is 0 Å². The second kappa shape index (κ2) is 7.71. The average Bonchev–Trinajstić information content (AvgIpc) is 3.21. The van der Waals surface area contributed by atoms with Crippen LogP contribution in [0, 0.1) is 0 Å². The zero-order chi connectivity index (χ0) is 16.9. The number of benzene rings is 1. The number of rotatable bonds is 7. The maximum absolute atomic E-state index is 12.2. The molecule has 0 aliphatic heterocycles. The number of nitrogens with zero attached hydrogens (tertiary/aromatic N) is 1. The van der Waals surface area contributed by atoms with Crippen molar-refractivity contribution >= 4 is 32.7 Å². The Morgan fingerprint density at radius 1 is 1.29 bits per heavy atom.